The third kappa shape index (κ3) is 5.57. The van der Waals surface area contributed by atoms with E-state index in [1.54, 1.807) is 0 Å². The fraction of sp³-hybridized carbons (Fsp3) is 0.238. The first-order valence-corrected chi connectivity index (χ1v) is 15.6. The largest absolute Gasteiger partial charge is 0.310 e. The number of nitrogens with zero attached hydrogens (tertiary/aromatic N) is 1. The molecule has 216 valence electrons. The van der Waals surface area contributed by atoms with Crippen LogP contribution < -0.4 is 4.90 Å². The minimum atomic E-state index is -0.109. The average molecular weight is 562 g/mol. The normalized spacial score (nSPS) is 13.7. The molecule has 0 spiro atoms. The maximum atomic E-state index is 2.41. The van der Waals surface area contributed by atoms with Gasteiger partial charge in [-0.25, -0.2) is 0 Å². The highest BCUT2D eigenvalue weighted by molar-refractivity contribution is 5.86. The van der Waals surface area contributed by atoms with Gasteiger partial charge in [-0.1, -0.05) is 132 Å². The van der Waals surface area contributed by atoms with Gasteiger partial charge in [-0.05, 0) is 99.7 Å². The van der Waals surface area contributed by atoms with Gasteiger partial charge < -0.3 is 4.90 Å². The maximum Gasteiger partial charge on any atom is 0.0465 e. The molecular weight excluding hydrogens is 518 g/mol. The smallest absolute Gasteiger partial charge is 0.0465 e. The van der Waals surface area contributed by atoms with E-state index in [0.29, 0.717) is 0 Å². The minimum absolute atomic E-state index is 0.109. The highest BCUT2D eigenvalue weighted by Crippen LogP contribution is 2.51. The lowest BCUT2D eigenvalue weighted by Gasteiger charge is -2.29. The molecule has 0 atom stereocenters. The SMILES string of the molecule is CCc1ccc(C=Cc2ccc3c(c2)C(C)(C)c2cc(N(c4ccc(C)cc4)c4ccc(C(C)(C)C)cc4)ccc2-3)cc1. The molecule has 0 aromatic heterocycles. The van der Waals surface area contributed by atoms with Crippen LogP contribution in [-0.4, -0.2) is 0 Å². The second kappa shape index (κ2) is 11.0. The molecule has 0 amide bonds. The summed E-state index contributed by atoms with van der Waals surface area (Å²) < 4.78 is 0. The second-order valence-corrected chi connectivity index (χ2v) is 13.6. The summed E-state index contributed by atoms with van der Waals surface area (Å²) in [6.07, 6.45) is 5.53. The second-order valence-electron chi connectivity index (χ2n) is 13.6. The number of anilines is 3. The van der Waals surface area contributed by atoms with Crippen LogP contribution in [0.4, 0.5) is 17.1 Å². The molecule has 1 nitrogen and oxygen atoms in total. The molecule has 0 radical (unpaired) electrons. The lowest BCUT2D eigenvalue weighted by atomic mass is 9.81. The Balaban J connectivity index is 1.38. The lowest BCUT2D eigenvalue weighted by molar-refractivity contribution is 0.590. The first-order chi connectivity index (χ1) is 20.5. The summed E-state index contributed by atoms with van der Waals surface area (Å²) in [6.45, 7) is 15.9. The van der Waals surface area contributed by atoms with Gasteiger partial charge in [0.25, 0.3) is 0 Å². The Kier molecular flexibility index (Phi) is 7.38. The number of fused-ring (bicyclic) bond motifs is 3. The summed E-state index contributed by atoms with van der Waals surface area (Å²) in [5, 5.41) is 0. The van der Waals surface area contributed by atoms with Gasteiger partial charge in [0.15, 0.2) is 0 Å². The predicted molar refractivity (Wildman–Crippen MR) is 187 cm³/mol. The fourth-order valence-corrected chi connectivity index (χ4v) is 6.29. The van der Waals surface area contributed by atoms with E-state index >= 15 is 0 Å². The Hall–Kier alpha value is -4.36. The minimum Gasteiger partial charge on any atom is -0.310 e. The van der Waals surface area contributed by atoms with Crippen LogP contribution in [0.5, 0.6) is 0 Å². The van der Waals surface area contributed by atoms with Crippen molar-refractivity contribution in [1.82, 2.24) is 0 Å². The molecule has 1 aliphatic rings. The fourth-order valence-electron chi connectivity index (χ4n) is 6.29. The topological polar surface area (TPSA) is 3.24 Å². The molecule has 0 saturated carbocycles. The van der Waals surface area contributed by atoms with Gasteiger partial charge in [0, 0.05) is 22.5 Å². The summed E-state index contributed by atoms with van der Waals surface area (Å²) in [5.41, 5.74) is 15.4. The first-order valence-electron chi connectivity index (χ1n) is 15.6. The van der Waals surface area contributed by atoms with Crippen LogP contribution in [0.2, 0.25) is 0 Å². The summed E-state index contributed by atoms with van der Waals surface area (Å²) >= 11 is 0. The molecule has 0 N–H and O–H groups in total. The standard InChI is InChI=1S/C42H43N/c1-8-30-11-13-31(14-12-30)15-16-32-17-25-37-38-26-24-36(28-40(38)42(6,7)39(37)27-32)43(34-20-9-29(2)10-21-34)35-22-18-33(19-23-35)41(3,4)5/h9-28H,8H2,1-7H3. The molecule has 1 aliphatic carbocycles. The Morgan fingerprint density at radius 3 is 1.72 bits per heavy atom. The van der Waals surface area contributed by atoms with Crippen LogP contribution in [0.1, 0.15) is 80.5 Å². The average Bonchev–Trinajstić information content (AvgIpc) is 3.23. The molecule has 0 aliphatic heterocycles. The molecule has 0 bridgehead atoms. The van der Waals surface area contributed by atoms with Crippen molar-refractivity contribution in [3.63, 3.8) is 0 Å². The van der Waals surface area contributed by atoms with Crippen molar-refractivity contribution in [3.05, 3.63) is 148 Å². The van der Waals surface area contributed by atoms with Crippen LogP contribution in [-0.2, 0) is 17.3 Å². The Bertz CT molecular complexity index is 1780. The van der Waals surface area contributed by atoms with Crippen LogP contribution in [0.25, 0.3) is 23.3 Å². The summed E-state index contributed by atoms with van der Waals surface area (Å²) in [4.78, 5) is 2.39. The highest BCUT2D eigenvalue weighted by Gasteiger charge is 2.36. The van der Waals surface area contributed by atoms with E-state index < -0.39 is 0 Å². The van der Waals surface area contributed by atoms with E-state index in [0.717, 1.165) is 6.42 Å². The molecule has 5 aromatic carbocycles. The summed E-state index contributed by atoms with van der Waals surface area (Å²) in [6, 6.07) is 40.8. The van der Waals surface area contributed by atoms with Gasteiger partial charge in [0.05, 0.1) is 0 Å². The molecule has 1 heteroatoms. The van der Waals surface area contributed by atoms with Crippen LogP contribution >= 0.6 is 0 Å². The molecule has 0 heterocycles. The zero-order valence-electron chi connectivity index (χ0n) is 26.7. The maximum absolute atomic E-state index is 2.41. The molecule has 0 saturated heterocycles. The highest BCUT2D eigenvalue weighted by atomic mass is 15.1. The van der Waals surface area contributed by atoms with Crippen molar-refractivity contribution < 1.29 is 0 Å². The van der Waals surface area contributed by atoms with Crippen LogP contribution in [0.15, 0.2) is 109 Å². The van der Waals surface area contributed by atoms with E-state index in [1.807, 2.05) is 0 Å². The number of hydrogen-bond donors (Lipinski definition) is 0. The zero-order valence-corrected chi connectivity index (χ0v) is 26.7. The van der Waals surface area contributed by atoms with Gasteiger partial charge in [-0.3, -0.25) is 0 Å². The van der Waals surface area contributed by atoms with Crippen molar-refractivity contribution in [2.45, 2.75) is 65.7 Å². The molecular formula is C42H43N. The van der Waals surface area contributed by atoms with E-state index in [-0.39, 0.29) is 10.8 Å². The number of aryl methyl sites for hydroxylation is 2. The van der Waals surface area contributed by atoms with Crippen molar-refractivity contribution >= 4 is 29.2 Å². The Labute approximate surface area is 258 Å². The zero-order chi connectivity index (χ0) is 30.4. The molecule has 5 aromatic rings. The monoisotopic (exact) mass is 561 g/mol. The Morgan fingerprint density at radius 1 is 0.605 bits per heavy atom. The van der Waals surface area contributed by atoms with E-state index in [2.05, 4.69) is 175 Å². The van der Waals surface area contributed by atoms with Crippen molar-refractivity contribution in [1.29, 1.82) is 0 Å². The van der Waals surface area contributed by atoms with E-state index in [4.69, 9.17) is 0 Å². The van der Waals surface area contributed by atoms with Crippen molar-refractivity contribution in [2.24, 2.45) is 0 Å². The molecule has 6 rings (SSSR count). The van der Waals surface area contributed by atoms with Gasteiger partial charge in [-0.15, -0.1) is 0 Å². The molecule has 43 heavy (non-hydrogen) atoms. The summed E-state index contributed by atoms with van der Waals surface area (Å²) in [5.74, 6) is 0. The third-order valence-electron chi connectivity index (χ3n) is 9.08. The predicted octanol–water partition coefficient (Wildman–Crippen LogP) is 11.8. The number of hydrogen-bond acceptors (Lipinski definition) is 1. The lowest BCUT2D eigenvalue weighted by Crippen LogP contribution is -2.17. The molecule has 0 fully saturated rings. The van der Waals surface area contributed by atoms with Gasteiger partial charge in [0.2, 0.25) is 0 Å². The van der Waals surface area contributed by atoms with Crippen molar-refractivity contribution in [3.8, 4) is 11.1 Å². The van der Waals surface area contributed by atoms with Crippen molar-refractivity contribution in [2.75, 3.05) is 4.90 Å². The van der Waals surface area contributed by atoms with Gasteiger partial charge in [-0.2, -0.15) is 0 Å². The third-order valence-corrected chi connectivity index (χ3v) is 9.08. The quantitative estimate of drug-likeness (QED) is 0.186. The summed E-state index contributed by atoms with van der Waals surface area (Å²) in [7, 11) is 0. The van der Waals surface area contributed by atoms with Crippen LogP contribution in [0.3, 0.4) is 0 Å². The van der Waals surface area contributed by atoms with E-state index in [9.17, 15) is 0 Å². The van der Waals surface area contributed by atoms with Crippen LogP contribution in [0, 0.1) is 6.92 Å². The van der Waals surface area contributed by atoms with Gasteiger partial charge in [0.1, 0.15) is 0 Å². The number of benzene rings is 5. The Morgan fingerprint density at radius 2 is 1.12 bits per heavy atom. The number of rotatable bonds is 6. The first kappa shape index (κ1) is 28.7. The van der Waals surface area contributed by atoms with E-state index in [1.165, 1.54) is 67.1 Å². The van der Waals surface area contributed by atoms with Gasteiger partial charge >= 0.3 is 0 Å². The molecule has 0 unspecified atom stereocenters.